The van der Waals surface area contributed by atoms with Crippen molar-refractivity contribution in [1.82, 2.24) is 40.5 Å². The minimum Gasteiger partial charge on any atom is -0.480 e. The van der Waals surface area contributed by atoms with Gasteiger partial charge in [0.05, 0.1) is 152 Å². The molecule has 2 amide bonds. The minimum atomic E-state index is -1.13. The number of carbonyl (C=O) groups is 6. The Morgan fingerprint density at radius 1 is 0.436 bits per heavy atom. The van der Waals surface area contributed by atoms with Gasteiger partial charge in [0.2, 0.25) is 17.1 Å². The Morgan fingerprint density at radius 2 is 0.723 bits per heavy atom. The predicted octanol–water partition coefficient (Wildman–Crippen LogP) is -0.526. The number of amides is 2. The van der Waals surface area contributed by atoms with Gasteiger partial charge < -0.3 is 103 Å². The fourth-order valence-corrected chi connectivity index (χ4v) is 5.85. The Hall–Kier alpha value is -8.66. The van der Waals surface area contributed by atoms with Crippen LogP contribution in [-0.2, 0) is 114 Å². The summed E-state index contributed by atoms with van der Waals surface area (Å²) < 4.78 is 70.2. The number of halogens is 1. The highest BCUT2D eigenvalue weighted by Crippen LogP contribution is 2.02. The zero-order valence-electron chi connectivity index (χ0n) is 54.1. The number of methoxy groups -OCH3 is 5. The summed E-state index contributed by atoms with van der Waals surface area (Å²) in [5, 5.41) is 13.6. The van der Waals surface area contributed by atoms with Gasteiger partial charge in [0.1, 0.15) is 37.9 Å². The van der Waals surface area contributed by atoms with E-state index in [1.54, 1.807) is 53.9 Å². The molecule has 0 saturated carbocycles. The van der Waals surface area contributed by atoms with Gasteiger partial charge in [0, 0.05) is 76.3 Å². The summed E-state index contributed by atoms with van der Waals surface area (Å²) in [7, 11) is 7.41. The number of nitrogens with one attached hydrogen (secondary N) is 5. The van der Waals surface area contributed by atoms with Gasteiger partial charge in [0.15, 0.2) is 0 Å². The molecule has 0 aliphatic heterocycles. The molecule has 3 rings (SSSR count). The number of hydrogen-bond donors (Lipinski definition) is 7. The van der Waals surface area contributed by atoms with Crippen molar-refractivity contribution in [3.63, 3.8) is 0 Å². The van der Waals surface area contributed by atoms with Crippen molar-refractivity contribution >= 4 is 46.6 Å². The number of carbonyl (C=O) groups excluding carboxylic acids is 5. The Kier molecular flexibility index (Phi) is 62.5. The van der Waals surface area contributed by atoms with E-state index in [0.29, 0.717) is 124 Å². The van der Waals surface area contributed by atoms with E-state index in [9.17, 15) is 28.8 Å². The van der Waals surface area contributed by atoms with Crippen LogP contribution in [0.15, 0.2) is 37.6 Å². The van der Waals surface area contributed by atoms with Gasteiger partial charge >= 0.3 is 17.9 Å². The summed E-state index contributed by atoms with van der Waals surface area (Å²) in [6.45, 7) is 11.0. The summed E-state index contributed by atoms with van der Waals surface area (Å²) in [6, 6.07) is -2.47. The maximum Gasteiger partial charge on any atom is 0.328 e. The maximum atomic E-state index is 11.9. The van der Waals surface area contributed by atoms with Crippen LogP contribution in [0.25, 0.3) is 0 Å². The number of nitrogens with zero attached hydrogens (tertiary/aromatic N) is 3. The smallest absolute Gasteiger partial charge is 0.328 e. The quantitative estimate of drug-likeness (QED) is 0.0162. The molecule has 516 valence electrons. The molecule has 0 unspecified atom stereocenters. The van der Waals surface area contributed by atoms with Crippen LogP contribution in [0, 0.1) is 82.9 Å². The largest absolute Gasteiger partial charge is 0.480 e. The van der Waals surface area contributed by atoms with E-state index in [-0.39, 0.29) is 45.9 Å². The van der Waals surface area contributed by atoms with E-state index in [1.165, 1.54) is 33.1 Å². The summed E-state index contributed by atoms with van der Waals surface area (Å²) in [5.74, 6) is 32.6. The van der Waals surface area contributed by atoms with Gasteiger partial charge in [-0.3, -0.25) is 19.2 Å². The van der Waals surface area contributed by atoms with Crippen molar-refractivity contribution in [1.29, 1.82) is 0 Å². The van der Waals surface area contributed by atoms with E-state index < -0.39 is 53.1 Å². The van der Waals surface area contributed by atoms with Crippen LogP contribution in [0.2, 0.25) is 0 Å². The molecular formula is C63H86ClN9O21. The van der Waals surface area contributed by atoms with E-state index in [0.717, 1.165) is 5.69 Å². The molecule has 8 N–H and O–H groups in total. The SMILES string of the molecule is CC#CC#CC#CC#CC#CC#CC#CC.COC(=O)[C@@H](N)Cc1cnc[nH]1.COCCOCCOCCOCC(=O)Cl.COCCOCCOCCOCC(=O)N[C@@H](Cc1cnc[nH]1)C(=O)O.COCCOCCOCCOCC(=O)N[C@@H](Cc1cnc[nH]1)C(=O)OC. The maximum absolute atomic E-state index is 11.9. The van der Waals surface area contributed by atoms with Gasteiger partial charge in [0.25, 0.3) is 0 Å². The normalized spacial score (nSPS) is 10.4. The second-order valence-corrected chi connectivity index (χ2v) is 17.7. The second kappa shape index (κ2) is 67.2. The van der Waals surface area contributed by atoms with Gasteiger partial charge in [-0.15, -0.1) is 0 Å². The number of imidazole rings is 3. The number of rotatable bonds is 44. The van der Waals surface area contributed by atoms with Crippen LogP contribution >= 0.6 is 11.6 Å². The molecule has 94 heavy (non-hydrogen) atoms. The van der Waals surface area contributed by atoms with Crippen LogP contribution in [0.1, 0.15) is 30.9 Å². The molecule has 0 bridgehead atoms. The Balaban J connectivity index is 0. The number of nitrogens with two attached hydrogens (primary N) is 1. The lowest BCUT2D eigenvalue weighted by Gasteiger charge is -2.15. The van der Waals surface area contributed by atoms with E-state index in [2.05, 4.69) is 128 Å². The molecule has 3 aromatic rings. The Bertz CT molecular complexity index is 2850. The van der Waals surface area contributed by atoms with Gasteiger partial charge in [-0.1, -0.05) is 11.8 Å². The summed E-state index contributed by atoms with van der Waals surface area (Å²) in [4.78, 5) is 87.6. The first-order valence-electron chi connectivity index (χ1n) is 28.6. The number of H-pyrrole nitrogens is 3. The van der Waals surface area contributed by atoms with Crippen LogP contribution in [0.4, 0.5) is 0 Å². The predicted molar refractivity (Wildman–Crippen MR) is 340 cm³/mol. The molecule has 0 saturated heterocycles. The van der Waals surface area contributed by atoms with Gasteiger partial charge in [-0.05, 0) is 96.5 Å². The molecular weight excluding hydrogens is 1250 g/mol. The number of aromatic nitrogens is 6. The van der Waals surface area contributed by atoms with Crippen molar-refractivity contribution in [3.8, 4) is 82.9 Å². The molecule has 0 spiro atoms. The molecule has 0 radical (unpaired) electrons. The van der Waals surface area contributed by atoms with Crippen LogP contribution in [0.5, 0.6) is 0 Å². The minimum absolute atomic E-state index is 0.0742. The standard InChI is InChI=1S/C16H27N3O7.C16H6.C15H25N3O7.C9H17ClO5.C7H11N3O2/c1-22-3-4-24-5-6-25-7-8-26-11-15(20)19-14(16(21)23-2)9-13-10-17-12-18-13;1-3-5-7-9-11-13-15-16-14-12-10-8-6-4-2;1-22-2-3-23-4-5-24-6-7-25-10-14(19)18-13(15(20)21)8-12-9-16-11-17-12;1-12-2-3-13-4-5-14-6-7-15-8-9(10)11;1-12-7(11)6(8)2-5-3-9-4-10-5/h10,12,14H,3-9,11H2,1-2H3,(H,17,18)(H,19,20);1-2H3;9,11,13H,2-8,10H2,1H3,(H,16,17)(H,18,19)(H,20,21);2-8H2,1H3;3-4,6H,2,8H2,1H3,(H,9,10)/t14-;;13-;;6-/m0.0.0/s1. The average Bonchev–Trinajstić information content (AvgIpc) is 2.29. The van der Waals surface area contributed by atoms with Crippen molar-refractivity contribution in [2.75, 3.05) is 174 Å². The summed E-state index contributed by atoms with van der Waals surface area (Å²) >= 11 is 5.05. The molecule has 3 atom stereocenters. The number of carboxylic acids is 1. The van der Waals surface area contributed by atoms with Crippen LogP contribution in [-0.4, -0.2) is 262 Å². The van der Waals surface area contributed by atoms with Gasteiger partial charge in [-0.2, -0.15) is 0 Å². The number of hydrogen-bond acceptors (Lipinski definition) is 24. The van der Waals surface area contributed by atoms with E-state index in [1.807, 2.05) is 0 Å². The highest BCUT2D eigenvalue weighted by Gasteiger charge is 2.23. The zero-order chi connectivity index (χ0) is 69.6. The first-order valence-corrected chi connectivity index (χ1v) is 28.9. The van der Waals surface area contributed by atoms with E-state index in [4.69, 9.17) is 84.0 Å². The molecule has 31 heteroatoms. The lowest BCUT2D eigenvalue weighted by atomic mass is 10.1. The molecule has 30 nitrogen and oxygen atoms in total. The van der Waals surface area contributed by atoms with Crippen molar-refractivity contribution < 1.29 is 100 Å². The second-order valence-electron chi connectivity index (χ2n) is 17.2. The molecule has 0 fully saturated rings. The third kappa shape index (κ3) is 59.6. The van der Waals surface area contributed by atoms with Crippen molar-refractivity contribution in [3.05, 3.63) is 54.7 Å². The highest BCUT2D eigenvalue weighted by molar-refractivity contribution is 6.63. The molecule has 0 aliphatic rings. The van der Waals surface area contributed by atoms with E-state index >= 15 is 0 Å². The fourth-order valence-electron chi connectivity index (χ4n) is 5.77. The Labute approximate surface area is 554 Å². The van der Waals surface area contributed by atoms with Crippen LogP contribution in [0.3, 0.4) is 0 Å². The number of aliphatic carboxylic acids is 1. The first-order chi connectivity index (χ1) is 45.7. The number of esters is 2. The van der Waals surface area contributed by atoms with Gasteiger partial charge in [-0.25, -0.2) is 24.5 Å². The third-order valence-electron chi connectivity index (χ3n) is 10.1. The van der Waals surface area contributed by atoms with Crippen LogP contribution < -0.4 is 16.4 Å². The van der Waals surface area contributed by atoms with Crippen molar-refractivity contribution in [2.45, 2.75) is 51.2 Å². The monoisotopic (exact) mass is 1340 g/mol. The average molecular weight is 1340 g/mol. The lowest BCUT2D eigenvalue weighted by molar-refractivity contribution is -0.145. The Morgan fingerprint density at radius 3 is 1.01 bits per heavy atom. The summed E-state index contributed by atoms with van der Waals surface area (Å²) in [5.41, 5.74) is 7.65. The number of ether oxygens (including phenoxy) is 14. The molecule has 3 heterocycles. The fraction of sp³-hybridized carbons (Fsp3) is 0.540. The third-order valence-corrected chi connectivity index (χ3v) is 10.2. The lowest BCUT2D eigenvalue weighted by Crippen LogP contribution is -2.44. The highest BCUT2D eigenvalue weighted by atomic mass is 35.5. The molecule has 0 aromatic carbocycles. The zero-order valence-corrected chi connectivity index (χ0v) is 54.8. The molecule has 0 aliphatic carbocycles. The number of carboxylic acid groups (broad SMARTS) is 1. The summed E-state index contributed by atoms with van der Waals surface area (Å²) in [6.07, 6.45) is 10.00. The molecule has 3 aromatic heterocycles. The van der Waals surface area contributed by atoms with Crippen molar-refractivity contribution in [2.24, 2.45) is 5.73 Å². The number of aromatic amines is 3. The first kappa shape index (κ1) is 87.4. The topological polar surface area (TPSA) is 388 Å².